The molecule has 0 fully saturated rings. The molecule has 1 rings (SSSR count). The quantitative estimate of drug-likeness (QED) is 0.678. The number of amides is 1. The van der Waals surface area contributed by atoms with Crippen molar-refractivity contribution < 1.29 is 9.90 Å². The van der Waals surface area contributed by atoms with Crippen LogP contribution in [0.4, 0.5) is 0 Å². The fraction of sp³-hybridized carbons (Fsp3) is 0.769. The lowest BCUT2D eigenvalue weighted by atomic mass is 10.0. The Morgan fingerprint density at radius 2 is 2.12 bits per heavy atom. The smallest absolute Gasteiger partial charge is 0.229 e. The lowest BCUT2D eigenvalue weighted by molar-refractivity contribution is -0.137. The fourth-order valence-corrected chi connectivity index (χ4v) is 2.43. The molecule has 0 bridgehead atoms. The number of hydrogen-bond donors (Lipinski definition) is 2. The predicted molar refractivity (Wildman–Crippen MR) is 68.4 cm³/mol. The summed E-state index contributed by atoms with van der Waals surface area (Å²) in [6.45, 7) is 4.58. The van der Waals surface area contributed by atoms with E-state index in [1.54, 1.807) is 0 Å². The lowest BCUT2D eigenvalue weighted by Crippen LogP contribution is -2.44. The van der Waals surface area contributed by atoms with Gasteiger partial charge < -0.3 is 15.7 Å². The van der Waals surface area contributed by atoms with E-state index in [-0.39, 0.29) is 30.5 Å². The zero-order chi connectivity index (χ0) is 12.8. The maximum absolute atomic E-state index is 12.3. The van der Waals surface area contributed by atoms with Crippen molar-refractivity contribution in [2.24, 2.45) is 11.7 Å². The maximum atomic E-state index is 12.3. The molecule has 2 atom stereocenters. The van der Waals surface area contributed by atoms with E-state index < -0.39 is 0 Å². The highest BCUT2D eigenvalue weighted by molar-refractivity contribution is 5.81. The standard InChI is InChI=1S/C13H24N2O2/c1-3-12(4-2)15(7-8-16)13(17)10-5-6-11(14)9-10/h5-6,10-12,16H,3-4,7-9,14H2,1-2H3. The van der Waals surface area contributed by atoms with Crippen LogP contribution in [-0.4, -0.2) is 41.1 Å². The summed E-state index contributed by atoms with van der Waals surface area (Å²) in [5.74, 6) is 0.00843. The van der Waals surface area contributed by atoms with Crippen molar-refractivity contribution in [3.8, 4) is 0 Å². The van der Waals surface area contributed by atoms with Crippen molar-refractivity contribution in [3.63, 3.8) is 0 Å². The minimum Gasteiger partial charge on any atom is -0.395 e. The second kappa shape index (κ2) is 6.77. The summed E-state index contributed by atoms with van der Waals surface area (Å²) in [5.41, 5.74) is 5.77. The monoisotopic (exact) mass is 240 g/mol. The first-order valence-corrected chi connectivity index (χ1v) is 6.49. The van der Waals surface area contributed by atoms with E-state index in [1.165, 1.54) is 0 Å². The van der Waals surface area contributed by atoms with Gasteiger partial charge in [-0.05, 0) is 19.3 Å². The second-order valence-electron chi connectivity index (χ2n) is 4.62. The summed E-state index contributed by atoms with van der Waals surface area (Å²) in [5, 5.41) is 9.08. The van der Waals surface area contributed by atoms with Gasteiger partial charge in [-0.3, -0.25) is 4.79 Å². The third kappa shape index (κ3) is 3.54. The van der Waals surface area contributed by atoms with Gasteiger partial charge in [0.1, 0.15) is 0 Å². The molecule has 0 saturated heterocycles. The van der Waals surface area contributed by atoms with E-state index in [0.717, 1.165) is 12.8 Å². The zero-order valence-electron chi connectivity index (χ0n) is 10.8. The molecule has 0 aromatic rings. The molecule has 0 aromatic carbocycles. The molecule has 0 spiro atoms. The third-order valence-corrected chi connectivity index (χ3v) is 3.44. The summed E-state index contributed by atoms with van der Waals surface area (Å²) >= 11 is 0. The number of hydrogen-bond acceptors (Lipinski definition) is 3. The third-order valence-electron chi connectivity index (χ3n) is 3.44. The average molecular weight is 240 g/mol. The Morgan fingerprint density at radius 1 is 1.47 bits per heavy atom. The number of carbonyl (C=O) groups is 1. The van der Waals surface area contributed by atoms with Gasteiger partial charge in [-0.25, -0.2) is 0 Å². The Balaban J connectivity index is 2.69. The van der Waals surface area contributed by atoms with Gasteiger partial charge >= 0.3 is 0 Å². The van der Waals surface area contributed by atoms with Crippen molar-refractivity contribution in [2.45, 2.75) is 45.2 Å². The van der Waals surface area contributed by atoms with Gasteiger partial charge in [0.15, 0.2) is 0 Å². The molecule has 4 nitrogen and oxygen atoms in total. The number of aliphatic hydroxyl groups excluding tert-OH is 1. The van der Waals surface area contributed by atoms with Gasteiger partial charge in [-0.2, -0.15) is 0 Å². The average Bonchev–Trinajstić information content (AvgIpc) is 2.75. The minimum absolute atomic E-state index is 0.00151. The molecule has 2 unspecified atom stereocenters. The molecule has 0 aromatic heterocycles. The van der Waals surface area contributed by atoms with E-state index in [4.69, 9.17) is 10.8 Å². The number of aliphatic hydroxyl groups is 1. The lowest BCUT2D eigenvalue weighted by Gasteiger charge is -2.32. The number of nitrogens with two attached hydrogens (primary N) is 1. The summed E-state index contributed by atoms with van der Waals surface area (Å²) in [7, 11) is 0. The van der Waals surface area contributed by atoms with Crippen LogP contribution in [0.5, 0.6) is 0 Å². The Hall–Kier alpha value is -0.870. The van der Waals surface area contributed by atoms with Crippen LogP contribution in [-0.2, 0) is 4.79 Å². The summed E-state index contributed by atoms with van der Waals surface area (Å²) in [4.78, 5) is 14.2. The van der Waals surface area contributed by atoms with Crippen molar-refractivity contribution >= 4 is 5.91 Å². The van der Waals surface area contributed by atoms with Gasteiger partial charge in [0.25, 0.3) is 0 Å². The molecule has 3 N–H and O–H groups in total. The molecule has 0 aliphatic heterocycles. The molecule has 0 radical (unpaired) electrons. The fourth-order valence-electron chi connectivity index (χ4n) is 2.43. The van der Waals surface area contributed by atoms with Gasteiger partial charge in [-0.1, -0.05) is 26.0 Å². The molecule has 17 heavy (non-hydrogen) atoms. The largest absolute Gasteiger partial charge is 0.395 e. The molecule has 98 valence electrons. The predicted octanol–water partition coefficient (Wildman–Crippen LogP) is 0.899. The van der Waals surface area contributed by atoms with Crippen molar-refractivity contribution in [1.82, 2.24) is 4.90 Å². The Morgan fingerprint density at radius 3 is 2.53 bits per heavy atom. The van der Waals surface area contributed by atoms with Crippen molar-refractivity contribution in [1.29, 1.82) is 0 Å². The van der Waals surface area contributed by atoms with Gasteiger partial charge in [-0.15, -0.1) is 0 Å². The summed E-state index contributed by atoms with van der Waals surface area (Å²) < 4.78 is 0. The zero-order valence-corrected chi connectivity index (χ0v) is 10.8. The summed E-state index contributed by atoms with van der Waals surface area (Å²) in [6.07, 6.45) is 6.34. The van der Waals surface area contributed by atoms with E-state index in [1.807, 2.05) is 17.1 Å². The van der Waals surface area contributed by atoms with Crippen LogP contribution in [0.1, 0.15) is 33.1 Å². The SMILES string of the molecule is CCC(CC)N(CCO)C(=O)C1C=CC(N)C1. The molecule has 1 aliphatic rings. The van der Waals surface area contributed by atoms with E-state index in [0.29, 0.717) is 13.0 Å². The normalized spacial score (nSPS) is 23.4. The molecule has 1 aliphatic carbocycles. The van der Waals surface area contributed by atoms with Gasteiger partial charge in [0.05, 0.1) is 12.5 Å². The van der Waals surface area contributed by atoms with Crippen LogP contribution in [0.15, 0.2) is 12.2 Å². The summed E-state index contributed by atoms with van der Waals surface area (Å²) in [6, 6.07) is 0.224. The highest BCUT2D eigenvalue weighted by Gasteiger charge is 2.29. The van der Waals surface area contributed by atoms with E-state index >= 15 is 0 Å². The first kappa shape index (κ1) is 14.2. The van der Waals surface area contributed by atoms with E-state index in [2.05, 4.69) is 13.8 Å². The van der Waals surface area contributed by atoms with Crippen LogP contribution in [0.2, 0.25) is 0 Å². The molecule has 0 saturated carbocycles. The number of nitrogens with zero attached hydrogens (tertiary/aromatic N) is 1. The van der Waals surface area contributed by atoms with E-state index in [9.17, 15) is 4.79 Å². The second-order valence-corrected chi connectivity index (χ2v) is 4.62. The van der Waals surface area contributed by atoms with Crippen LogP contribution >= 0.6 is 0 Å². The topological polar surface area (TPSA) is 66.6 Å². The first-order chi connectivity index (χ1) is 8.13. The highest BCUT2D eigenvalue weighted by Crippen LogP contribution is 2.21. The Kier molecular flexibility index (Phi) is 5.65. The van der Waals surface area contributed by atoms with Gasteiger partial charge in [0.2, 0.25) is 5.91 Å². The van der Waals surface area contributed by atoms with Crippen LogP contribution in [0.3, 0.4) is 0 Å². The van der Waals surface area contributed by atoms with Crippen molar-refractivity contribution in [2.75, 3.05) is 13.2 Å². The molecular formula is C13H24N2O2. The minimum atomic E-state index is -0.0999. The first-order valence-electron chi connectivity index (χ1n) is 6.49. The molecule has 0 heterocycles. The maximum Gasteiger partial charge on any atom is 0.229 e. The number of carbonyl (C=O) groups excluding carboxylic acids is 1. The van der Waals surface area contributed by atoms with Crippen LogP contribution in [0, 0.1) is 5.92 Å². The molecule has 1 amide bonds. The van der Waals surface area contributed by atoms with Gasteiger partial charge in [0, 0.05) is 18.6 Å². The molecule has 4 heteroatoms. The Labute approximate surface area is 103 Å². The van der Waals surface area contributed by atoms with Crippen LogP contribution < -0.4 is 5.73 Å². The highest BCUT2D eigenvalue weighted by atomic mass is 16.3. The van der Waals surface area contributed by atoms with Crippen molar-refractivity contribution in [3.05, 3.63) is 12.2 Å². The number of rotatable bonds is 6. The molecular weight excluding hydrogens is 216 g/mol. The van der Waals surface area contributed by atoms with Crippen LogP contribution in [0.25, 0.3) is 0 Å². The Bertz CT molecular complexity index is 275.